The molecule has 4 aromatic rings. The Bertz CT molecular complexity index is 1130. The van der Waals surface area contributed by atoms with Gasteiger partial charge in [-0.15, -0.1) is 0 Å². The second kappa shape index (κ2) is 7.69. The van der Waals surface area contributed by atoms with E-state index in [0.717, 1.165) is 34.3 Å². The molecule has 1 aromatic heterocycles. The predicted octanol–water partition coefficient (Wildman–Crippen LogP) is 4.63. The molecule has 0 spiro atoms. The van der Waals surface area contributed by atoms with Gasteiger partial charge >= 0.3 is 0 Å². The van der Waals surface area contributed by atoms with E-state index in [9.17, 15) is 4.79 Å². The van der Waals surface area contributed by atoms with Crippen molar-refractivity contribution in [3.8, 4) is 0 Å². The molecule has 4 rings (SSSR count). The molecule has 1 heterocycles. The van der Waals surface area contributed by atoms with Crippen LogP contribution >= 0.6 is 0 Å². The topological polar surface area (TPSA) is 46.9 Å². The minimum atomic E-state index is -0.0691. The molecule has 0 aliphatic rings. The fraction of sp³-hybridized carbons (Fsp3) is 0.167. The van der Waals surface area contributed by atoms with E-state index < -0.39 is 0 Å². The highest BCUT2D eigenvalue weighted by atomic mass is 16.1. The number of nitrogens with one attached hydrogen (secondary N) is 1. The van der Waals surface area contributed by atoms with Crippen LogP contribution in [-0.2, 0) is 13.1 Å². The molecule has 0 bridgehead atoms. The molecule has 0 fully saturated rings. The van der Waals surface area contributed by atoms with Crippen LogP contribution in [0.5, 0.6) is 0 Å². The number of hydrogen-bond donors (Lipinski definition) is 1. The van der Waals surface area contributed by atoms with Crippen molar-refractivity contribution in [2.45, 2.75) is 26.9 Å². The maximum Gasteiger partial charge on any atom is 0.251 e. The highest BCUT2D eigenvalue weighted by Crippen LogP contribution is 2.17. The van der Waals surface area contributed by atoms with Crippen molar-refractivity contribution in [2.75, 3.05) is 0 Å². The largest absolute Gasteiger partial charge is 0.348 e. The number of nitrogens with zero attached hydrogens (tertiary/aromatic N) is 2. The van der Waals surface area contributed by atoms with Crippen molar-refractivity contribution in [1.29, 1.82) is 0 Å². The van der Waals surface area contributed by atoms with Crippen molar-refractivity contribution >= 4 is 16.7 Å². The van der Waals surface area contributed by atoms with Gasteiger partial charge in [0.15, 0.2) is 0 Å². The summed E-state index contributed by atoms with van der Waals surface area (Å²) in [6.45, 7) is 5.25. The summed E-state index contributed by atoms with van der Waals surface area (Å²) in [4.78, 5) is 12.6. The number of rotatable bonds is 5. The lowest BCUT2D eigenvalue weighted by atomic mass is 10.1. The van der Waals surface area contributed by atoms with Gasteiger partial charge < -0.3 is 5.32 Å². The van der Waals surface area contributed by atoms with Crippen molar-refractivity contribution in [1.82, 2.24) is 15.1 Å². The number of fused-ring (bicyclic) bond motifs is 1. The Morgan fingerprint density at radius 1 is 0.929 bits per heavy atom. The lowest BCUT2D eigenvalue weighted by Crippen LogP contribution is -2.23. The molecule has 0 aliphatic heterocycles. The predicted molar refractivity (Wildman–Crippen MR) is 112 cm³/mol. The van der Waals surface area contributed by atoms with Gasteiger partial charge in [0.25, 0.3) is 5.91 Å². The van der Waals surface area contributed by atoms with Crippen LogP contribution in [0.2, 0.25) is 0 Å². The van der Waals surface area contributed by atoms with Crippen LogP contribution < -0.4 is 5.32 Å². The Kier molecular flexibility index (Phi) is 4.94. The molecule has 3 aromatic carbocycles. The summed E-state index contributed by atoms with van der Waals surface area (Å²) in [5, 5.41) is 9.91. The third-order valence-corrected chi connectivity index (χ3v) is 5.14. The van der Waals surface area contributed by atoms with Crippen LogP contribution in [0.4, 0.5) is 0 Å². The van der Waals surface area contributed by atoms with Crippen molar-refractivity contribution in [2.24, 2.45) is 0 Å². The van der Waals surface area contributed by atoms with E-state index in [1.54, 1.807) is 0 Å². The first kappa shape index (κ1) is 18.0. The van der Waals surface area contributed by atoms with Gasteiger partial charge in [-0.1, -0.05) is 60.7 Å². The molecule has 1 N–H and O–H groups in total. The van der Waals surface area contributed by atoms with Crippen LogP contribution in [0.3, 0.4) is 0 Å². The first-order chi connectivity index (χ1) is 13.6. The highest BCUT2D eigenvalue weighted by molar-refractivity contribution is 5.98. The zero-order valence-electron chi connectivity index (χ0n) is 16.1. The van der Waals surface area contributed by atoms with Crippen LogP contribution in [0.1, 0.15) is 32.9 Å². The quantitative estimate of drug-likeness (QED) is 0.557. The van der Waals surface area contributed by atoms with E-state index in [4.69, 9.17) is 0 Å². The van der Waals surface area contributed by atoms with E-state index in [2.05, 4.69) is 29.5 Å². The molecule has 0 radical (unpaired) electrons. The average molecular weight is 369 g/mol. The first-order valence-corrected chi connectivity index (χ1v) is 9.45. The van der Waals surface area contributed by atoms with Gasteiger partial charge in [-0.2, -0.15) is 5.10 Å². The van der Waals surface area contributed by atoms with Gasteiger partial charge in [0.1, 0.15) is 0 Å². The molecule has 4 heteroatoms. The molecular formula is C24H23N3O. The zero-order valence-corrected chi connectivity index (χ0v) is 16.1. The summed E-state index contributed by atoms with van der Waals surface area (Å²) in [5.41, 5.74) is 4.99. The Balaban J connectivity index is 1.48. The van der Waals surface area contributed by atoms with Gasteiger partial charge in [0, 0.05) is 23.4 Å². The molecule has 1 amide bonds. The second-order valence-electron chi connectivity index (χ2n) is 7.04. The van der Waals surface area contributed by atoms with Crippen LogP contribution in [0.25, 0.3) is 10.8 Å². The summed E-state index contributed by atoms with van der Waals surface area (Å²) in [6, 6.07) is 24.1. The second-order valence-corrected chi connectivity index (χ2v) is 7.04. The lowest BCUT2D eigenvalue weighted by Gasteiger charge is -2.08. The Labute approximate surface area is 164 Å². The van der Waals surface area contributed by atoms with Crippen LogP contribution in [0, 0.1) is 13.8 Å². The van der Waals surface area contributed by atoms with Crippen molar-refractivity contribution in [3.63, 3.8) is 0 Å². The summed E-state index contributed by atoms with van der Waals surface area (Å²) in [5.74, 6) is -0.0691. The van der Waals surface area contributed by atoms with E-state index in [1.165, 1.54) is 5.56 Å². The number of aromatic nitrogens is 2. The first-order valence-electron chi connectivity index (χ1n) is 9.45. The summed E-state index contributed by atoms with van der Waals surface area (Å²) < 4.78 is 2.00. The summed E-state index contributed by atoms with van der Waals surface area (Å²) in [6.07, 6.45) is 0. The third kappa shape index (κ3) is 3.67. The molecule has 0 saturated heterocycles. The number of carbonyl (C=O) groups is 1. The van der Waals surface area contributed by atoms with Gasteiger partial charge in [-0.3, -0.25) is 9.48 Å². The summed E-state index contributed by atoms with van der Waals surface area (Å²) >= 11 is 0. The van der Waals surface area contributed by atoms with E-state index in [0.29, 0.717) is 12.1 Å². The van der Waals surface area contributed by atoms with E-state index >= 15 is 0 Å². The van der Waals surface area contributed by atoms with Crippen molar-refractivity contribution in [3.05, 3.63) is 101 Å². The van der Waals surface area contributed by atoms with Gasteiger partial charge in [0.2, 0.25) is 0 Å². The number of amides is 1. The summed E-state index contributed by atoms with van der Waals surface area (Å²) in [7, 11) is 0. The fourth-order valence-corrected chi connectivity index (χ4v) is 3.50. The minimum absolute atomic E-state index is 0.0691. The fourth-order valence-electron chi connectivity index (χ4n) is 3.50. The SMILES string of the molecule is Cc1nn(Cc2ccccc2)c(C)c1CNC(=O)c1ccc2ccccc2c1. The Morgan fingerprint density at radius 2 is 1.64 bits per heavy atom. The molecule has 140 valence electrons. The maximum atomic E-state index is 12.6. The van der Waals surface area contributed by atoms with Gasteiger partial charge in [-0.25, -0.2) is 0 Å². The smallest absolute Gasteiger partial charge is 0.251 e. The number of aryl methyl sites for hydroxylation is 1. The molecule has 0 aliphatic carbocycles. The Morgan fingerprint density at radius 3 is 2.43 bits per heavy atom. The van der Waals surface area contributed by atoms with Gasteiger partial charge in [-0.05, 0) is 42.3 Å². The van der Waals surface area contributed by atoms with E-state index in [1.807, 2.05) is 72.3 Å². The maximum absolute atomic E-state index is 12.6. The molecular weight excluding hydrogens is 346 g/mol. The van der Waals surface area contributed by atoms with Crippen molar-refractivity contribution < 1.29 is 4.79 Å². The van der Waals surface area contributed by atoms with E-state index in [-0.39, 0.29) is 5.91 Å². The number of carbonyl (C=O) groups excluding carboxylic acids is 1. The van der Waals surface area contributed by atoms with Crippen LogP contribution in [-0.4, -0.2) is 15.7 Å². The van der Waals surface area contributed by atoms with Crippen LogP contribution in [0.15, 0.2) is 72.8 Å². The average Bonchev–Trinajstić information content (AvgIpc) is 2.99. The highest BCUT2D eigenvalue weighted by Gasteiger charge is 2.14. The number of hydrogen-bond acceptors (Lipinski definition) is 2. The monoisotopic (exact) mass is 369 g/mol. The molecule has 0 saturated carbocycles. The molecule has 4 nitrogen and oxygen atoms in total. The molecule has 0 atom stereocenters. The Hall–Kier alpha value is -3.40. The lowest BCUT2D eigenvalue weighted by molar-refractivity contribution is 0.0951. The third-order valence-electron chi connectivity index (χ3n) is 5.14. The molecule has 28 heavy (non-hydrogen) atoms. The standard InChI is InChI=1S/C24H23N3O/c1-17-23(18(2)27(26-17)16-19-8-4-3-5-9-19)15-25-24(28)22-13-12-20-10-6-7-11-21(20)14-22/h3-14H,15-16H2,1-2H3,(H,25,28). The minimum Gasteiger partial charge on any atom is -0.348 e. The molecule has 0 unspecified atom stereocenters. The zero-order chi connectivity index (χ0) is 19.5. The number of benzene rings is 3. The van der Waals surface area contributed by atoms with Gasteiger partial charge in [0.05, 0.1) is 12.2 Å². The normalized spacial score (nSPS) is 10.9.